The van der Waals surface area contributed by atoms with E-state index in [-0.39, 0.29) is 6.01 Å². The van der Waals surface area contributed by atoms with Gasteiger partial charge in [0.15, 0.2) is 5.16 Å². The zero-order chi connectivity index (χ0) is 6.69. The summed E-state index contributed by atoms with van der Waals surface area (Å²) in [7, 11) is 0. The van der Waals surface area contributed by atoms with Crippen LogP contribution < -0.4 is 0 Å². The molecule has 0 aromatic carbocycles. The molecule has 0 unspecified atom stereocenters. The summed E-state index contributed by atoms with van der Waals surface area (Å²) in [6.45, 7) is 0. The number of nitrogens with zero attached hydrogens (tertiary/aromatic N) is 3. The summed E-state index contributed by atoms with van der Waals surface area (Å²) in [6.07, 6.45) is 3.10. The van der Waals surface area contributed by atoms with E-state index in [1.54, 1.807) is 0 Å². The summed E-state index contributed by atoms with van der Waals surface area (Å²) in [4.78, 5) is 10.7. The SMILES string of the molecule is CSc1ncnc(O)n1. The lowest BCUT2D eigenvalue weighted by Crippen LogP contribution is -1.86. The molecule has 48 valence electrons. The fourth-order valence-electron chi connectivity index (χ4n) is 0.372. The topological polar surface area (TPSA) is 58.9 Å². The second kappa shape index (κ2) is 2.63. The fourth-order valence-corrected chi connectivity index (χ4v) is 0.697. The fraction of sp³-hybridized carbons (Fsp3) is 0.250. The maximum atomic E-state index is 8.67. The first kappa shape index (κ1) is 6.28. The van der Waals surface area contributed by atoms with Gasteiger partial charge in [-0.3, -0.25) is 0 Å². The summed E-state index contributed by atoms with van der Waals surface area (Å²) >= 11 is 1.36. The third kappa shape index (κ3) is 1.53. The summed E-state index contributed by atoms with van der Waals surface area (Å²) in [5.74, 6) is 0. The predicted octanol–water partition coefficient (Wildman–Crippen LogP) is 0.299. The van der Waals surface area contributed by atoms with Gasteiger partial charge in [0.25, 0.3) is 0 Å². The number of aromatic nitrogens is 3. The normalized spacial score (nSPS) is 9.44. The Hall–Kier alpha value is -0.840. The Kier molecular flexibility index (Phi) is 1.84. The molecule has 0 spiro atoms. The standard InChI is InChI=1S/C4H5N3OS/c1-9-4-6-2-5-3(8)7-4/h2H,1H3,(H,5,6,7,8). The minimum absolute atomic E-state index is 0.227. The third-order valence-corrected chi connectivity index (χ3v) is 1.28. The van der Waals surface area contributed by atoms with Crippen LogP contribution in [0, 0.1) is 0 Å². The molecule has 0 radical (unpaired) electrons. The highest BCUT2D eigenvalue weighted by molar-refractivity contribution is 7.98. The number of aromatic hydroxyl groups is 1. The van der Waals surface area contributed by atoms with Gasteiger partial charge in [0.2, 0.25) is 0 Å². The van der Waals surface area contributed by atoms with Gasteiger partial charge in [0.05, 0.1) is 0 Å². The van der Waals surface area contributed by atoms with Crippen molar-refractivity contribution in [1.82, 2.24) is 15.0 Å². The lowest BCUT2D eigenvalue weighted by Gasteiger charge is -1.90. The summed E-state index contributed by atoms with van der Waals surface area (Å²) in [5, 5.41) is 9.20. The van der Waals surface area contributed by atoms with Gasteiger partial charge in [-0.1, -0.05) is 11.8 Å². The average molecular weight is 143 g/mol. The van der Waals surface area contributed by atoms with Gasteiger partial charge in [-0.25, -0.2) is 4.98 Å². The zero-order valence-corrected chi connectivity index (χ0v) is 5.59. The van der Waals surface area contributed by atoms with Gasteiger partial charge in [-0.05, 0) is 6.26 Å². The largest absolute Gasteiger partial charge is 0.479 e. The molecule has 1 aromatic rings. The molecular formula is C4H5N3OS. The molecule has 1 N–H and O–H groups in total. The van der Waals surface area contributed by atoms with Gasteiger partial charge in [0, 0.05) is 0 Å². The molecule has 4 nitrogen and oxygen atoms in total. The van der Waals surface area contributed by atoms with Crippen LogP contribution >= 0.6 is 11.8 Å². The Morgan fingerprint density at radius 1 is 1.56 bits per heavy atom. The lowest BCUT2D eigenvalue weighted by atomic mass is 11.0. The molecule has 5 heteroatoms. The van der Waals surface area contributed by atoms with Gasteiger partial charge >= 0.3 is 6.01 Å². The molecular weight excluding hydrogens is 138 g/mol. The monoisotopic (exact) mass is 143 g/mol. The van der Waals surface area contributed by atoms with Crippen molar-refractivity contribution in [2.75, 3.05) is 6.26 Å². The van der Waals surface area contributed by atoms with Crippen LogP contribution in [0.25, 0.3) is 0 Å². The van der Waals surface area contributed by atoms with Gasteiger partial charge in [-0.15, -0.1) is 0 Å². The quantitative estimate of drug-likeness (QED) is 0.573. The summed E-state index contributed by atoms with van der Waals surface area (Å²) in [5.41, 5.74) is 0. The van der Waals surface area contributed by atoms with Crippen molar-refractivity contribution in [3.8, 4) is 6.01 Å². The Morgan fingerprint density at radius 3 is 2.78 bits per heavy atom. The van der Waals surface area contributed by atoms with E-state index in [0.717, 1.165) is 0 Å². The van der Waals surface area contributed by atoms with Crippen LogP contribution in [-0.4, -0.2) is 26.3 Å². The van der Waals surface area contributed by atoms with Crippen molar-refractivity contribution in [3.05, 3.63) is 6.33 Å². The van der Waals surface area contributed by atoms with Crippen LogP contribution in [0.5, 0.6) is 6.01 Å². The minimum Gasteiger partial charge on any atom is -0.479 e. The van der Waals surface area contributed by atoms with Crippen molar-refractivity contribution < 1.29 is 5.11 Å². The van der Waals surface area contributed by atoms with Gasteiger partial charge < -0.3 is 5.11 Å². The predicted molar refractivity (Wildman–Crippen MR) is 33.3 cm³/mol. The molecule has 0 aliphatic heterocycles. The van der Waals surface area contributed by atoms with Crippen molar-refractivity contribution in [3.63, 3.8) is 0 Å². The zero-order valence-electron chi connectivity index (χ0n) is 4.77. The van der Waals surface area contributed by atoms with Crippen LogP contribution in [0.1, 0.15) is 0 Å². The molecule has 1 rings (SSSR count). The van der Waals surface area contributed by atoms with E-state index >= 15 is 0 Å². The second-order valence-corrected chi connectivity index (χ2v) is 2.05. The number of thioether (sulfide) groups is 1. The second-order valence-electron chi connectivity index (χ2n) is 1.27. The molecule has 0 atom stereocenters. The Morgan fingerprint density at radius 2 is 2.33 bits per heavy atom. The molecule has 0 fully saturated rings. The molecule has 1 aromatic heterocycles. The van der Waals surface area contributed by atoms with Crippen molar-refractivity contribution >= 4 is 11.8 Å². The molecule has 0 aliphatic rings. The van der Waals surface area contributed by atoms with Crippen LogP contribution in [0.3, 0.4) is 0 Å². The molecule has 9 heavy (non-hydrogen) atoms. The average Bonchev–Trinajstić information content (AvgIpc) is 1.88. The minimum atomic E-state index is -0.227. The first-order chi connectivity index (χ1) is 4.33. The number of hydrogen-bond acceptors (Lipinski definition) is 5. The van der Waals surface area contributed by atoms with Crippen molar-refractivity contribution in [2.24, 2.45) is 0 Å². The Labute approximate surface area is 56.4 Å². The maximum Gasteiger partial charge on any atom is 0.317 e. The first-order valence-electron chi connectivity index (χ1n) is 2.25. The molecule has 0 bridgehead atoms. The number of hydrogen-bond donors (Lipinski definition) is 1. The van der Waals surface area contributed by atoms with E-state index in [9.17, 15) is 0 Å². The smallest absolute Gasteiger partial charge is 0.317 e. The summed E-state index contributed by atoms with van der Waals surface area (Å²) in [6, 6.07) is -0.227. The van der Waals surface area contributed by atoms with Crippen molar-refractivity contribution in [2.45, 2.75) is 5.16 Å². The highest BCUT2D eigenvalue weighted by Gasteiger charge is 1.93. The van der Waals surface area contributed by atoms with E-state index in [1.165, 1.54) is 18.1 Å². The third-order valence-electron chi connectivity index (χ3n) is 0.720. The molecule has 1 heterocycles. The maximum absolute atomic E-state index is 8.67. The van der Waals surface area contributed by atoms with E-state index in [1.807, 2.05) is 6.26 Å². The summed E-state index contributed by atoms with van der Waals surface area (Å²) < 4.78 is 0. The molecule has 0 amide bonds. The van der Waals surface area contributed by atoms with Crippen LogP contribution in [-0.2, 0) is 0 Å². The Bertz CT molecular complexity index is 205. The van der Waals surface area contributed by atoms with Crippen LogP contribution in [0.15, 0.2) is 11.5 Å². The van der Waals surface area contributed by atoms with Gasteiger partial charge in [0.1, 0.15) is 6.33 Å². The lowest BCUT2D eigenvalue weighted by molar-refractivity contribution is 0.420. The van der Waals surface area contributed by atoms with Gasteiger partial charge in [-0.2, -0.15) is 9.97 Å². The first-order valence-corrected chi connectivity index (χ1v) is 3.47. The molecule has 0 aliphatic carbocycles. The molecule has 0 saturated carbocycles. The van der Waals surface area contributed by atoms with Crippen molar-refractivity contribution in [1.29, 1.82) is 0 Å². The van der Waals surface area contributed by atoms with E-state index < -0.39 is 0 Å². The highest BCUT2D eigenvalue weighted by Crippen LogP contribution is 2.07. The van der Waals surface area contributed by atoms with E-state index in [2.05, 4.69) is 15.0 Å². The van der Waals surface area contributed by atoms with Crippen LogP contribution in [0.2, 0.25) is 0 Å². The van der Waals surface area contributed by atoms with Crippen LogP contribution in [0.4, 0.5) is 0 Å². The molecule has 0 saturated heterocycles. The van der Waals surface area contributed by atoms with E-state index in [0.29, 0.717) is 5.16 Å². The number of rotatable bonds is 1. The van der Waals surface area contributed by atoms with E-state index in [4.69, 9.17) is 5.11 Å². The highest BCUT2D eigenvalue weighted by atomic mass is 32.2. The Balaban J connectivity index is 2.94.